The van der Waals surface area contributed by atoms with Crippen LogP contribution in [0, 0.1) is 0 Å². The Morgan fingerprint density at radius 1 is 1.19 bits per heavy atom. The molecular weight excluding hydrogens is 502 g/mol. The number of hydrogen-bond acceptors (Lipinski definition) is 3. The minimum atomic E-state index is -7.85. The molecule has 0 saturated heterocycles. The Morgan fingerprint density at radius 3 is 2.47 bits per heavy atom. The molecule has 0 atom stereocenters. The number of aryl methyl sites for hydroxylation is 1. The molecule has 0 saturated carbocycles. The van der Waals surface area contributed by atoms with Crippen molar-refractivity contribution in [1.29, 1.82) is 0 Å². The third-order valence-electron chi connectivity index (χ3n) is 5.37. The van der Waals surface area contributed by atoms with Crippen LogP contribution >= 0.6 is 30.4 Å². The number of benzene rings is 1. The van der Waals surface area contributed by atoms with E-state index < -0.39 is 35.5 Å². The molecule has 3 heterocycles. The van der Waals surface area contributed by atoms with Gasteiger partial charge in [-0.1, -0.05) is 0 Å². The van der Waals surface area contributed by atoms with Crippen molar-refractivity contribution in [3.05, 3.63) is 57.7 Å². The summed E-state index contributed by atoms with van der Waals surface area (Å²) in [4.78, 5) is 0. The molecule has 2 aromatic heterocycles. The van der Waals surface area contributed by atoms with Crippen molar-refractivity contribution in [1.82, 2.24) is 14.9 Å². The first-order chi connectivity index (χ1) is 14.6. The summed E-state index contributed by atoms with van der Waals surface area (Å²) in [5, 5.41) is 7.67. The molecule has 0 radical (unpaired) electrons. The Labute approximate surface area is 187 Å². The molecule has 3 aromatic rings. The molecule has 0 spiro atoms. The van der Waals surface area contributed by atoms with E-state index in [2.05, 4.69) is 16.8 Å². The number of alkyl halides is 4. The molecule has 4 rings (SSSR count). The van der Waals surface area contributed by atoms with Crippen molar-refractivity contribution < 1.29 is 30.5 Å². The Bertz CT molecular complexity index is 1280. The third kappa shape index (κ3) is 2.89. The second kappa shape index (κ2) is 6.74. The summed E-state index contributed by atoms with van der Waals surface area (Å²) in [6.07, 6.45) is 0.238. The maximum atomic E-state index is 14.8. The molecule has 0 bridgehead atoms. The summed E-state index contributed by atoms with van der Waals surface area (Å²) in [6, 6.07) is 5.86. The zero-order valence-corrected chi connectivity index (χ0v) is 18.9. The monoisotopic (exact) mass is 515 g/mol. The molecule has 4 nitrogen and oxygen atoms in total. The van der Waals surface area contributed by atoms with Gasteiger partial charge in [0.25, 0.3) is 0 Å². The maximum absolute atomic E-state index is 14.8. The molecule has 0 fully saturated rings. The molecule has 13 heteroatoms. The second-order valence-electron chi connectivity index (χ2n) is 7.65. The van der Waals surface area contributed by atoms with Gasteiger partial charge in [-0.3, -0.25) is 0 Å². The Kier molecular flexibility index (Phi) is 4.88. The van der Waals surface area contributed by atoms with Crippen LogP contribution in [0.25, 0.3) is 22.7 Å². The van der Waals surface area contributed by atoms with Crippen molar-refractivity contribution >= 4 is 30.4 Å². The van der Waals surface area contributed by atoms with Gasteiger partial charge in [-0.05, 0) is 0 Å². The summed E-state index contributed by atoms with van der Waals surface area (Å²) in [7, 11) is -6.77. The first kappa shape index (κ1) is 23.1. The SMILES string of the molecule is C=C(Cl)Cc1cc(-c2cc(-c3c4c(nn3C)C(F)(F)P(C)(F)(F)C4(F)F)no2)ccc1Cl. The van der Waals surface area contributed by atoms with Crippen LogP contribution < -0.4 is 0 Å². The fourth-order valence-corrected chi connectivity index (χ4v) is 5.61. The van der Waals surface area contributed by atoms with E-state index in [1.165, 1.54) is 12.1 Å². The number of fused-ring (bicyclic) bond motifs is 1. The average Bonchev–Trinajstić information content (AvgIpc) is 3.28. The quantitative estimate of drug-likeness (QED) is 0.263. The van der Waals surface area contributed by atoms with E-state index in [0.717, 1.165) is 7.05 Å². The van der Waals surface area contributed by atoms with Gasteiger partial charge in [0.1, 0.15) is 0 Å². The first-order valence-corrected chi connectivity index (χ1v) is 12.2. The molecule has 32 heavy (non-hydrogen) atoms. The molecule has 0 N–H and O–H groups in total. The van der Waals surface area contributed by atoms with Gasteiger partial charge in [-0.25, -0.2) is 0 Å². The van der Waals surface area contributed by atoms with Crippen molar-refractivity contribution in [2.75, 3.05) is 6.66 Å². The van der Waals surface area contributed by atoms with E-state index in [9.17, 15) is 26.0 Å². The van der Waals surface area contributed by atoms with E-state index in [-0.39, 0.29) is 24.5 Å². The van der Waals surface area contributed by atoms with Gasteiger partial charge in [-0.2, -0.15) is 0 Å². The number of allylic oxidation sites excluding steroid dienone is 1. The molecule has 0 unspecified atom stereocenters. The van der Waals surface area contributed by atoms with Gasteiger partial charge >= 0.3 is 188 Å². The number of rotatable bonds is 4. The Morgan fingerprint density at radius 2 is 1.84 bits per heavy atom. The van der Waals surface area contributed by atoms with E-state index in [4.69, 9.17) is 27.7 Å². The van der Waals surface area contributed by atoms with Crippen LogP contribution in [0.3, 0.4) is 0 Å². The Hall–Kier alpha value is -2.03. The third-order valence-corrected chi connectivity index (χ3v) is 8.84. The fraction of sp³-hybridized carbons (Fsp3) is 0.263. The number of hydrogen-bond donors (Lipinski definition) is 0. The van der Waals surface area contributed by atoms with Gasteiger partial charge in [0.15, 0.2) is 0 Å². The van der Waals surface area contributed by atoms with Crippen molar-refractivity contribution in [3.8, 4) is 22.7 Å². The van der Waals surface area contributed by atoms with Gasteiger partial charge in [0.2, 0.25) is 0 Å². The van der Waals surface area contributed by atoms with Crippen molar-refractivity contribution in [2.45, 2.75) is 17.7 Å². The summed E-state index contributed by atoms with van der Waals surface area (Å²) in [5.74, 6) is 0.0654. The van der Waals surface area contributed by atoms with Crippen LogP contribution in [0.4, 0.5) is 26.0 Å². The summed E-state index contributed by atoms with van der Waals surface area (Å²) >= 11 is 11.9. The van der Waals surface area contributed by atoms with Crippen molar-refractivity contribution in [3.63, 3.8) is 0 Å². The summed E-state index contributed by atoms with van der Waals surface area (Å²) in [6.45, 7) is 3.23. The van der Waals surface area contributed by atoms with E-state index in [0.29, 0.717) is 25.9 Å². The van der Waals surface area contributed by atoms with Crippen LogP contribution in [0.5, 0.6) is 0 Å². The summed E-state index contributed by atoms with van der Waals surface area (Å²) < 4.78 is 93.5. The predicted molar refractivity (Wildman–Crippen MR) is 111 cm³/mol. The van der Waals surface area contributed by atoms with Crippen LogP contribution in [0.1, 0.15) is 16.8 Å². The van der Waals surface area contributed by atoms with Crippen LogP contribution in [0.2, 0.25) is 5.02 Å². The zero-order valence-electron chi connectivity index (χ0n) is 16.4. The van der Waals surface area contributed by atoms with E-state index in [1.807, 2.05) is 0 Å². The molecule has 0 aliphatic carbocycles. The number of nitrogens with zero attached hydrogens (tertiary/aromatic N) is 3. The molecule has 0 amide bonds. The van der Waals surface area contributed by atoms with Gasteiger partial charge < -0.3 is 0 Å². The standard InChI is InChI=1S/C19H14Cl2F6N3OP/c1-9(20)6-11-7-10(4-5-12(11)21)14-8-13(29-31-14)16-15-17(28-30(16)2)19(24,25)32(3,26,27)18(15,22)23/h4-5,7-8H,1,6H2,2-3H3. The van der Waals surface area contributed by atoms with Gasteiger partial charge in [0, 0.05) is 0 Å². The van der Waals surface area contributed by atoms with Crippen LogP contribution in [-0.4, -0.2) is 21.6 Å². The topological polar surface area (TPSA) is 43.9 Å². The van der Waals surface area contributed by atoms with Gasteiger partial charge in [-0.15, -0.1) is 0 Å². The molecule has 172 valence electrons. The van der Waals surface area contributed by atoms with Crippen molar-refractivity contribution in [2.24, 2.45) is 7.05 Å². The second-order valence-corrected chi connectivity index (χ2v) is 12.3. The predicted octanol–water partition coefficient (Wildman–Crippen LogP) is 7.75. The zero-order chi connectivity index (χ0) is 23.9. The number of halogens is 8. The minimum absolute atomic E-state index is 0.0654. The van der Waals surface area contributed by atoms with E-state index in [1.54, 1.807) is 12.1 Å². The van der Waals surface area contributed by atoms with Crippen LogP contribution in [-0.2, 0) is 24.8 Å². The molecular formula is C19H14Cl2F6N3OP. The number of aromatic nitrogens is 3. The molecule has 1 aliphatic heterocycles. The average molecular weight is 516 g/mol. The fourth-order valence-electron chi connectivity index (χ4n) is 3.57. The normalized spacial score (nSPS) is 21.0. The van der Waals surface area contributed by atoms with Gasteiger partial charge in [0.05, 0.1) is 0 Å². The Balaban J connectivity index is 1.85. The molecule has 1 aromatic carbocycles. The van der Waals surface area contributed by atoms with E-state index >= 15 is 0 Å². The van der Waals surface area contributed by atoms with Crippen LogP contribution in [0.15, 0.2) is 40.4 Å². The first-order valence-electron chi connectivity index (χ1n) is 8.95. The summed E-state index contributed by atoms with van der Waals surface area (Å²) in [5.41, 5.74) is -13.4. The molecule has 1 aliphatic rings.